The normalized spacial score (nSPS) is 25.0. The number of carbonyl (C=O) groups is 1. The highest BCUT2D eigenvalue weighted by atomic mass is 16.6. The topological polar surface area (TPSA) is 47.6 Å². The molecular weight excluding hydrogens is 206 g/mol. The van der Waals surface area contributed by atoms with E-state index in [2.05, 4.69) is 19.2 Å². The lowest BCUT2D eigenvalue weighted by atomic mass is 10.0. The van der Waals surface area contributed by atoms with Gasteiger partial charge in [0, 0.05) is 12.6 Å². The van der Waals surface area contributed by atoms with Crippen LogP contribution in [0.3, 0.4) is 0 Å². The Labute approximate surface area is 97.7 Å². The molecule has 4 nitrogen and oxygen atoms in total. The Morgan fingerprint density at radius 2 is 2.19 bits per heavy atom. The molecular formula is C12H23NO3. The molecule has 1 aliphatic rings. The van der Waals surface area contributed by atoms with Crippen LogP contribution in [-0.2, 0) is 14.3 Å². The van der Waals surface area contributed by atoms with Gasteiger partial charge in [-0.05, 0) is 25.8 Å². The van der Waals surface area contributed by atoms with E-state index in [4.69, 9.17) is 9.47 Å². The van der Waals surface area contributed by atoms with Crippen molar-refractivity contribution in [3.8, 4) is 0 Å². The van der Waals surface area contributed by atoms with Crippen LogP contribution in [0.2, 0.25) is 0 Å². The maximum Gasteiger partial charge on any atom is 0.310 e. The molecule has 0 aliphatic carbocycles. The Morgan fingerprint density at radius 3 is 2.75 bits per heavy atom. The van der Waals surface area contributed by atoms with Crippen molar-refractivity contribution < 1.29 is 14.3 Å². The summed E-state index contributed by atoms with van der Waals surface area (Å²) in [4.78, 5) is 11.6. The highest BCUT2D eigenvalue weighted by Crippen LogP contribution is 2.16. The standard InChI is InChI=1S/C12H23NO3/c1-9(2)8-15-6-7-16-12(14)11-4-5-13-10(11)3/h9-11,13H,4-8H2,1-3H3. The fraction of sp³-hybridized carbons (Fsp3) is 0.917. The van der Waals surface area contributed by atoms with E-state index in [1.54, 1.807) is 0 Å². The van der Waals surface area contributed by atoms with E-state index < -0.39 is 0 Å². The second-order valence-electron chi connectivity index (χ2n) is 4.77. The van der Waals surface area contributed by atoms with Crippen molar-refractivity contribution in [3.63, 3.8) is 0 Å². The van der Waals surface area contributed by atoms with Gasteiger partial charge < -0.3 is 14.8 Å². The first-order valence-electron chi connectivity index (χ1n) is 6.09. The average molecular weight is 229 g/mol. The number of esters is 1. The molecule has 16 heavy (non-hydrogen) atoms. The minimum absolute atomic E-state index is 0.0186. The van der Waals surface area contributed by atoms with Gasteiger partial charge in [-0.3, -0.25) is 4.79 Å². The average Bonchev–Trinajstić information content (AvgIpc) is 2.63. The van der Waals surface area contributed by atoms with E-state index in [1.807, 2.05) is 6.92 Å². The molecule has 94 valence electrons. The van der Waals surface area contributed by atoms with Crippen LogP contribution in [0.4, 0.5) is 0 Å². The van der Waals surface area contributed by atoms with Gasteiger partial charge in [0.25, 0.3) is 0 Å². The van der Waals surface area contributed by atoms with Crippen LogP contribution >= 0.6 is 0 Å². The number of hydrogen-bond acceptors (Lipinski definition) is 4. The van der Waals surface area contributed by atoms with E-state index in [9.17, 15) is 4.79 Å². The third kappa shape index (κ3) is 4.49. The van der Waals surface area contributed by atoms with Crippen LogP contribution in [0, 0.1) is 11.8 Å². The predicted octanol–water partition coefficient (Wildman–Crippen LogP) is 1.20. The lowest BCUT2D eigenvalue weighted by molar-refractivity contribution is -0.150. The minimum Gasteiger partial charge on any atom is -0.463 e. The molecule has 1 heterocycles. The quantitative estimate of drug-likeness (QED) is 0.549. The highest BCUT2D eigenvalue weighted by Gasteiger charge is 2.30. The first-order valence-corrected chi connectivity index (χ1v) is 6.09. The Hall–Kier alpha value is -0.610. The molecule has 0 radical (unpaired) electrons. The van der Waals surface area contributed by atoms with E-state index >= 15 is 0 Å². The van der Waals surface area contributed by atoms with Crippen LogP contribution in [0.5, 0.6) is 0 Å². The summed E-state index contributed by atoms with van der Waals surface area (Å²) in [5, 5.41) is 3.23. The molecule has 0 aromatic rings. The summed E-state index contributed by atoms with van der Waals surface area (Å²) in [6.45, 7) is 8.71. The van der Waals surface area contributed by atoms with Crippen LogP contribution < -0.4 is 5.32 Å². The van der Waals surface area contributed by atoms with E-state index in [1.165, 1.54) is 0 Å². The van der Waals surface area contributed by atoms with Gasteiger partial charge in [-0.15, -0.1) is 0 Å². The smallest absolute Gasteiger partial charge is 0.310 e. The summed E-state index contributed by atoms with van der Waals surface area (Å²) in [7, 11) is 0. The molecule has 1 rings (SSSR count). The molecule has 0 amide bonds. The van der Waals surface area contributed by atoms with Gasteiger partial charge in [-0.1, -0.05) is 13.8 Å². The molecule has 2 unspecified atom stereocenters. The monoisotopic (exact) mass is 229 g/mol. The van der Waals surface area contributed by atoms with Gasteiger partial charge in [-0.2, -0.15) is 0 Å². The zero-order valence-corrected chi connectivity index (χ0v) is 10.5. The van der Waals surface area contributed by atoms with Gasteiger partial charge in [0.1, 0.15) is 6.61 Å². The van der Waals surface area contributed by atoms with Crippen LogP contribution in [0.25, 0.3) is 0 Å². The summed E-state index contributed by atoms with van der Waals surface area (Å²) in [5.41, 5.74) is 0. The summed E-state index contributed by atoms with van der Waals surface area (Å²) in [6, 6.07) is 0.240. The van der Waals surface area contributed by atoms with Crippen molar-refractivity contribution in [3.05, 3.63) is 0 Å². The fourth-order valence-electron chi connectivity index (χ4n) is 1.81. The molecule has 0 bridgehead atoms. The van der Waals surface area contributed by atoms with E-state index in [-0.39, 0.29) is 17.9 Å². The van der Waals surface area contributed by atoms with Crippen molar-refractivity contribution in [2.45, 2.75) is 33.2 Å². The van der Waals surface area contributed by atoms with Crippen LogP contribution in [0.1, 0.15) is 27.2 Å². The van der Waals surface area contributed by atoms with Crippen molar-refractivity contribution in [1.29, 1.82) is 0 Å². The molecule has 0 saturated carbocycles. The molecule has 1 saturated heterocycles. The molecule has 1 fully saturated rings. The number of carbonyl (C=O) groups excluding carboxylic acids is 1. The maximum atomic E-state index is 11.6. The number of rotatable bonds is 6. The molecule has 2 atom stereocenters. The third-order valence-electron chi connectivity index (χ3n) is 2.75. The summed E-state index contributed by atoms with van der Waals surface area (Å²) in [5.74, 6) is 0.450. The Morgan fingerprint density at radius 1 is 1.44 bits per heavy atom. The summed E-state index contributed by atoms with van der Waals surface area (Å²) >= 11 is 0. The van der Waals surface area contributed by atoms with Crippen molar-refractivity contribution in [2.75, 3.05) is 26.4 Å². The number of nitrogens with one attached hydrogen (secondary N) is 1. The van der Waals surface area contributed by atoms with E-state index in [0.29, 0.717) is 19.1 Å². The number of hydrogen-bond donors (Lipinski definition) is 1. The fourth-order valence-corrected chi connectivity index (χ4v) is 1.81. The Balaban J connectivity index is 2.06. The highest BCUT2D eigenvalue weighted by molar-refractivity contribution is 5.73. The molecule has 1 aliphatic heterocycles. The van der Waals surface area contributed by atoms with Crippen LogP contribution in [-0.4, -0.2) is 38.4 Å². The van der Waals surface area contributed by atoms with E-state index in [0.717, 1.165) is 19.6 Å². The van der Waals surface area contributed by atoms with Crippen molar-refractivity contribution in [1.82, 2.24) is 5.32 Å². The predicted molar refractivity (Wildman–Crippen MR) is 62.2 cm³/mol. The lowest BCUT2D eigenvalue weighted by Gasteiger charge is -2.14. The Kier molecular flexibility index (Phi) is 5.77. The minimum atomic E-state index is -0.0920. The first-order chi connectivity index (χ1) is 7.61. The van der Waals surface area contributed by atoms with Gasteiger partial charge in [-0.25, -0.2) is 0 Å². The first kappa shape index (κ1) is 13.5. The molecule has 1 N–H and O–H groups in total. The third-order valence-corrected chi connectivity index (χ3v) is 2.75. The second kappa shape index (κ2) is 6.86. The van der Waals surface area contributed by atoms with Crippen molar-refractivity contribution in [2.24, 2.45) is 11.8 Å². The van der Waals surface area contributed by atoms with Crippen molar-refractivity contribution >= 4 is 5.97 Å². The number of ether oxygens (including phenoxy) is 2. The largest absolute Gasteiger partial charge is 0.463 e. The van der Waals surface area contributed by atoms with Crippen LogP contribution in [0.15, 0.2) is 0 Å². The SMILES string of the molecule is CC(C)COCCOC(=O)C1CCNC1C. The zero-order chi connectivity index (χ0) is 12.0. The molecule has 0 aromatic heterocycles. The summed E-state index contributed by atoms with van der Waals surface area (Å²) < 4.78 is 10.5. The summed E-state index contributed by atoms with van der Waals surface area (Å²) in [6.07, 6.45) is 0.882. The second-order valence-corrected chi connectivity index (χ2v) is 4.77. The molecule has 4 heteroatoms. The Bertz CT molecular complexity index is 218. The lowest BCUT2D eigenvalue weighted by Crippen LogP contribution is -2.30. The maximum absolute atomic E-state index is 11.6. The van der Waals surface area contributed by atoms with Gasteiger partial charge in [0.05, 0.1) is 12.5 Å². The van der Waals surface area contributed by atoms with Gasteiger partial charge in [0.2, 0.25) is 0 Å². The van der Waals surface area contributed by atoms with Gasteiger partial charge >= 0.3 is 5.97 Å². The molecule has 0 aromatic carbocycles. The zero-order valence-electron chi connectivity index (χ0n) is 10.5. The molecule has 0 spiro atoms. The van der Waals surface area contributed by atoms with Gasteiger partial charge in [0.15, 0.2) is 0 Å².